The highest BCUT2D eigenvalue weighted by Gasteiger charge is 2.47. The molecule has 334 valence electrons. The summed E-state index contributed by atoms with van der Waals surface area (Å²) in [4.78, 5) is 36.8. The van der Waals surface area contributed by atoms with Gasteiger partial charge in [0.25, 0.3) is 0 Å². The monoisotopic (exact) mass is 813 g/mol. The zero-order valence-corrected chi connectivity index (χ0v) is 36.1. The van der Waals surface area contributed by atoms with Gasteiger partial charge in [-0.3, -0.25) is 9.59 Å². The largest absolute Gasteiger partial charge is 0.479 e. The van der Waals surface area contributed by atoms with Crippen LogP contribution in [0.15, 0.2) is 12.2 Å². The van der Waals surface area contributed by atoms with Gasteiger partial charge in [0.2, 0.25) is 0 Å². The lowest BCUT2D eigenvalue weighted by molar-refractivity contribution is -0.298. The minimum absolute atomic E-state index is 0.187. The van der Waals surface area contributed by atoms with Gasteiger partial charge in [-0.1, -0.05) is 174 Å². The molecule has 0 bridgehead atoms. The Kier molecular flexibility index (Phi) is 34.4. The molecule has 1 aliphatic heterocycles. The Morgan fingerprint density at radius 1 is 0.526 bits per heavy atom. The van der Waals surface area contributed by atoms with Crippen molar-refractivity contribution in [1.29, 1.82) is 0 Å². The SMILES string of the molecule is CCCCC/C=C\CCCCCCCC(=O)OCC(COC1OC(C(=O)O)C(O)C(O)C1O)OC(=O)CCCCCCCCCCCCCCCCCCCCC. The van der Waals surface area contributed by atoms with Crippen LogP contribution in [-0.2, 0) is 33.3 Å². The van der Waals surface area contributed by atoms with Crippen LogP contribution in [-0.4, -0.2) is 88.4 Å². The normalized spacial score (nSPS) is 20.2. The van der Waals surface area contributed by atoms with E-state index in [4.69, 9.17) is 18.9 Å². The van der Waals surface area contributed by atoms with E-state index >= 15 is 0 Å². The Morgan fingerprint density at radius 3 is 1.40 bits per heavy atom. The maximum absolute atomic E-state index is 12.8. The van der Waals surface area contributed by atoms with Crippen LogP contribution in [0.3, 0.4) is 0 Å². The fourth-order valence-electron chi connectivity index (χ4n) is 7.17. The third-order valence-electron chi connectivity index (χ3n) is 10.9. The molecular formula is C46H84O11. The Hall–Kier alpha value is -2.05. The van der Waals surface area contributed by atoms with E-state index in [1.807, 2.05) is 0 Å². The third kappa shape index (κ3) is 28.9. The molecule has 1 heterocycles. The number of carboxylic acids is 1. The van der Waals surface area contributed by atoms with Gasteiger partial charge in [-0.2, -0.15) is 0 Å². The molecule has 1 rings (SSSR count). The number of hydrogen-bond donors (Lipinski definition) is 4. The topological polar surface area (TPSA) is 169 Å². The van der Waals surface area contributed by atoms with Crippen molar-refractivity contribution in [3.63, 3.8) is 0 Å². The summed E-state index contributed by atoms with van der Waals surface area (Å²) in [6.07, 6.45) is 29.8. The fourth-order valence-corrected chi connectivity index (χ4v) is 7.17. The summed E-state index contributed by atoms with van der Waals surface area (Å²) in [5.41, 5.74) is 0. The molecule has 0 saturated carbocycles. The van der Waals surface area contributed by atoms with Crippen LogP contribution >= 0.6 is 0 Å². The molecule has 1 fully saturated rings. The average Bonchev–Trinajstić information content (AvgIpc) is 3.19. The minimum atomic E-state index is -1.86. The van der Waals surface area contributed by atoms with Gasteiger partial charge in [0.1, 0.15) is 24.9 Å². The van der Waals surface area contributed by atoms with Crippen LogP contribution in [0, 0.1) is 0 Å². The van der Waals surface area contributed by atoms with Crippen LogP contribution in [0.5, 0.6) is 0 Å². The molecule has 57 heavy (non-hydrogen) atoms. The van der Waals surface area contributed by atoms with Gasteiger partial charge in [0.15, 0.2) is 18.5 Å². The standard InChI is InChI=1S/C46H84O11/c1-3-5-7-9-11-13-15-17-18-19-20-21-22-23-25-27-29-31-33-35-40(48)56-38(37-55-46-43(51)41(49)42(50)44(57-46)45(52)53)36-54-39(47)34-32-30-28-26-24-16-14-12-10-8-6-4-2/h12,14,38,41-44,46,49-51H,3-11,13,15-37H2,1-2H3,(H,52,53)/b14-12-. The second kappa shape index (κ2) is 37.0. The predicted octanol–water partition coefficient (Wildman–Crippen LogP) is 10.0. The Balaban J connectivity index is 2.32. The van der Waals surface area contributed by atoms with Crippen LogP contribution < -0.4 is 0 Å². The van der Waals surface area contributed by atoms with E-state index in [0.717, 1.165) is 57.8 Å². The van der Waals surface area contributed by atoms with E-state index in [9.17, 15) is 34.8 Å². The molecule has 0 spiro atoms. The number of carboxylic acid groups (broad SMARTS) is 1. The van der Waals surface area contributed by atoms with Crippen molar-refractivity contribution in [2.75, 3.05) is 13.2 Å². The van der Waals surface area contributed by atoms with Gasteiger partial charge in [-0.05, 0) is 38.5 Å². The molecule has 0 aromatic rings. The second-order valence-electron chi connectivity index (χ2n) is 16.3. The van der Waals surface area contributed by atoms with Crippen LogP contribution in [0.2, 0.25) is 0 Å². The van der Waals surface area contributed by atoms with Gasteiger partial charge in [0, 0.05) is 12.8 Å². The number of carbonyl (C=O) groups excluding carboxylic acids is 2. The predicted molar refractivity (Wildman–Crippen MR) is 225 cm³/mol. The number of rotatable bonds is 39. The van der Waals surface area contributed by atoms with Gasteiger partial charge >= 0.3 is 17.9 Å². The van der Waals surface area contributed by atoms with Crippen molar-refractivity contribution >= 4 is 17.9 Å². The summed E-state index contributed by atoms with van der Waals surface area (Å²) < 4.78 is 21.7. The van der Waals surface area contributed by atoms with Gasteiger partial charge in [-0.25, -0.2) is 4.79 Å². The first-order valence-electron chi connectivity index (χ1n) is 23.2. The first-order chi connectivity index (χ1) is 27.7. The summed E-state index contributed by atoms with van der Waals surface area (Å²) in [6.45, 7) is 3.80. The van der Waals surface area contributed by atoms with E-state index in [-0.39, 0.29) is 26.1 Å². The first kappa shape index (κ1) is 53.0. The summed E-state index contributed by atoms with van der Waals surface area (Å²) in [7, 11) is 0. The van der Waals surface area contributed by atoms with Crippen molar-refractivity contribution in [2.45, 2.75) is 250 Å². The Bertz CT molecular complexity index is 1000. The summed E-state index contributed by atoms with van der Waals surface area (Å²) in [5.74, 6) is -2.44. The van der Waals surface area contributed by atoms with Crippen LogP contribution in [0.25, 0.3) is 0 Å². The van der Waals surface area contributed by atoms with Crippen molar-refractivity contribution in [2.24, 2.45) is 0 Å². The highest BCUT2D eigenvalue weighted by atomic mass is 16.7. The summed E-state index contributed by atoms with van der Waals surface area (Å²) >= 11 is 0. The summed E-state index contributed by atoms with van der Waals surface area (Å²) in [5, 5.41) is 39.8. The Morgan fingerprint density at radius 2 is 0.930 bits per heavy atom. The number of allylic oxidation sites excluding steroid dienone is 2. The molecule has 0 aliphatic carbocycles. The van der Waals surface area contributed by atoms with E-state index in [1.54, 1.807) is 0 Å². The highest BCUT2D eigenvalue weighted by molar-refractivity contribution is 5.73. The Labute approximate surface area is 346 Å². The number of aliphatic carboxylic acids is 1. The number of aliphatic hydroxyl groups is 3. The number of hydrogen-bond acceptors (Lipinski definition) is 10. The molecule has 11 nitrogen and oxygen atoms in total. The second-order valence-corrected chi connectivity index (χ2v) is 16.3. The zero-order chi connectivity index (χ0) is 41.8. The first-order valence-corrected chi connectivity index (χ1v) is 23.2. The molecule has 6 atom stereocenters. The molecule has 6 unspecified atom stereocenters. The lowest BCUT2D eigenvalue weighted by Crippen LogP contribution is -2.60. The van der Waals surface area contributed by atoms with E-state index < -0.39 is 54.7 Å². The number of esters is 2. The summed E-state index contributed by atoms with van der Waals surface area (Å²) in [6, 6.07) is 0. The highest BCUT2D eigenvalue weighted by Crippen LogP contribution is 2.23. The number of ether oxygens (including phenoxy) is 4. The molecule has 0 aromatic heterocycles. The fraction of sp³-hybridized carbons (Fsp3) is 0.891. The van der Waals surface area contributed by atoms with Crippen LogP contribution in [0.4, 0.5) is 0 Å². The zero-order valence-electron chi connectivity index (χ0n) is 36.1. The molecule has 1 aliphatic rings. The smallest absolute Gasteiger partial charge is 0.335 e. The third-order valence-corrected chi connectivity index (χ3v) is 10.9. The maximum atomic E-state index is 12.8. The van der Waals surface area contributed by atoms with Crippen molar-refractivity contribution < 1.29 is 53.8 Å². The van der Waals surface area contributed by atoms with Crippen LogP contribution in [0.1, 0.15) is 213 Å². The number of carbonyl (C=O) groups is 3. The van der Waals surface area contributed by atoms with Crippen molar-refractivity contribution in [3.05, 3.63) is 12.2 Å². The minimum Gasteiger partial charge on any atom is -0.479 e. The molecule has 0 amide bonds. The number of aliphatic hydroxyl groups excluding tert-OH is 3. The molecule has 1 saturated heterocycles. The van der Waals surface area contributed by atoms with Gasteiger partial charge in [-0.15, -0.1) is 0 Å². The quantitative estimate of drug-likeness (QED) is 0.0265. The lowest BCUT2D eigenvalue weighted by Gasteiger charge is -2.38. The van der Waals surface area contributed by atoms with E-state index in [0.29, 0.717) is 12.8 Å². The molecule has 4 N–H and O–H groups in total. The molecule has 11 heteroatoms. The van der Waals surface area contributed by atoms with Gasteiger partial charge in [0.05, 0.1) is 6.61 Å². The average molecular weight is 813 g/mol. The maximum Gasteiger partial charge on any atom is 0.335 e. The molecule has 0 aromatic carbocycles. The van der Waals surface area contributed by atoms with E-state index in [1.165, 1.54) is 116 Å². The molecular weight excluding hydrogens is 728 g/mol. The van der Waals surface area contributed by atoms with E-state index in [2.05, 4.69) is 26.0 Å². The number of unbranched alkanes of at least 4 members (excludes halogenated alkanes) is 26. The van der Waals surface area contributed by atoms with Gasteiger partial charge < -0.3 is 39.4 Å². The van der Waals surface area contributed by atoms with Crippen molar-refractivity contribution in [1.82, 2.24) is 0 Å². The van der Waals surface area contributed by atoms with Crippen molar-refractivity contribution in [3.8, 4) is 0 Å². The molecule has 0 radical (unpaired) electrons. The lowest BCUT2D eigenvalue weighted by atomic mass is 9.99.